The van der Waals surface area contributed by atoms with Crippen LogP contribution >= 0.6 is 0 Å². The van der Waals surface area contributed by atoms with Crippen LogP contribution in [0.2, 0.25) is 0 Å². The Balaban J connectivity index is 2.36. The fourth-order valence-corrected chi connectivity index (χ4v) is 1.58. The SMILES string of the molecule is Cc1ccc(C#N)c(Nc2cccc(F)c2)c1. The van der Waals surface area contributed by atoms with Gasteiger partial charge in [-0.1, -0.05) is 12.1 Å². The molecule has 0 spiro atoms. The summed E-state index contributed by atoms with van der Waals surface area (Å²) in [5, 5.41) is 12.0. The molecule has 17 heavy (non-hydrogen) atoms. The molecule has 0 bridgehead atoms. The maximum Gasteiger partial charge on any atom is 0.125 e. The van der Waals surface area contributed by atoms with Crippen molar-refractivity contribution < 1.29 is 4.39 Å². The largest absolute Gasteiger partial charge is 0.354 e. The molecule has 0 saturated carbocycles. The van der Waals surface area contributed by atoms with Crippen molar-refractivity contribution in [3.63, 3.8) is 0 Å². The van der Waals surface area contributed by atoms with Crippen molar-refractivity contribution in [1.82, 2.24) is 0 Å². The molecule has 0 aromatic heterocycles. The van der Waals surface area contributed by atoms with Crippen molar-refractivity contribution in [2.24, 2.45) is 0 Å². The highest BCUT2D eigenvalue weighted by Crippen LogP contribution is 2.22. The number of nitrogens with one attached hydrogen (secondary N) is 1. The fourth-order valence-electron chi connectivity index (χ4n) is 1.58. The lowest BCUT2D eigenvalue weighted by Crippen LogP contribution is -1.94. The Bertz CT molecular complexity index is 585. The lowest BCUT2D eigenvalue weighted by atomic mass is 10.1. The first-order chi connectivity index (χ1) is 8.19. The third-order valence-corrected chi connectivity index (χ3v) is 2.40. The van der Waals surface area contributed by atoms with Gasteiger partial charge in [-0.15, -0.1) is 0 Å². The van der Waals surface area contributed by atoms with E-state index >= 15 is 0 Å². The van der Waals surface area contributed by atoms with E-state index in [1.54, 1.807) is 18.2 Å². The van der Waals surface area contributed by atoms with Gasteiger partial charge in [0, 0.05) is 5.69 Å². The van der Waals surface area contributed by atoms with Crippen LogP contribution in [0.15, 0.2) is 42.5 Å². The molecular weight excluding hydrogens is 215 g/mol. The summed E-state index contributed by atoms with van der Waals surface area (Å²) in [7, 11) is 0. The van der Waals surface area contributed by atoms with Crippen molar-refractivity contribution >= 4 is 11.4 Å². The van der Waals surface area contributed by atoms with Crippen LogP contribution in [-0.4, -0.2) is 0 Å². The van der Waals surface area contributed by atoms with Gasteiger partial charge in [0.15, 0.2) is 0 Å². The first-order valence-corrected chi connectivity index (χ1v) is 5.22. The predicted octanol–water partition coefficient (Wildman–Crippen LogP) is 3.75. The van der Waals surface area contributed by atoms with Gasteiger partial charge in [-0.25, -0.2) is 4.39 Å². The highest BCUT2D eigenvalue weighted by molar-refractivity contribution is 5.67. The summed E-state index contributed by atoms with van der Waals surface area (Å²) in [6.45, 7) is 1.94. The number of halogens is 1. The van der Waals surface area contributed by atoms with Gasteiger partial charge in [-0.2, -0.15) is 5.26 Å². The number of anilines is 2. The molecule has 2 aromatic rings. The standard InChI is InChI=1S/C14H11FN2/c1-10-5-6-11(9-16)14(7-10)17-13-4-2-3-12(15)8-13/h2-8,17H,1H3. The second kappa shape index (κ2) is 4.67. The number of aryl methyl sites for hydroxylation is 1. The maximum absolute atomic E-state index is 13.0. The minimum Gasteiger partial charge on any atom is -0.354 e. The van der Waals surface area contributed by atoms with Gasteiger partial charge >= 0.3 is 0 Å². The molecule has 0 atom stereocenters. The molecular formula is C14H11FN2. The summed E-state index contributed by atoms with van der Waals surface area (Å²) >= 11 is 0. The molecule has 1 N–H and O–H groups in total. The Morgan fingerprint density at radius 3 is 2.71 bits per heavy atom. The Morgan fingerprint density at radius 2 is 2.00 bits per heavy atom. The molecule has 0 aliphatic rings. The maximum atomic E-state index is 13.0. The lowest BCUT2D eigenvalue weighted by Gasteiger charge is -2.09. The van der Waals surface area contributed by atoms with Crippen molar-refractivity contribution in [3.8, 4) is 6.07 Å². The average Bonchev–Trinajstić information content (AvgIpc) is 2.29. The van der Waals surface area contributed by atoms with E-state index in [1.807, 2.05) is 19.1 Å². The molecule has 2 nitrogen and oxygen atoms in total. The van der Waals surface area contributed by atoms with E-state index in [0.29, 0.717) is 16.9 Å². The van der Waals surface area contributed by atoms with Gasteiger partial charge in [-0.3, -0.25) is 0 Å². The highest BCUT2D eigenvalue weighted by Gasteiger charge is 2.03. The zero-order valence-electron chi connectivity index (χ0n) is 9.37. The van der Waals surface area contributed by atoms with E-state index in [2.05, 4.69) is 11.4 Å². The number of hydrogen-bond acceptors (Lipinski definition) is 2. The lowest BCUT2D eigenvalue weighted by molar-refractivity contribution is 0.628. The van der Waals surface area contributed by atoms with Crippen LogP contribution in [0, 0.1) is 24.1 Å². The molecule has 84 valence electrons. The minimum absolute atomic E-state index is 0.304. The summed E-state index contributed by atoms with van der Waals surface area (Å²) in [4.78, 5) is 0. The summed E-state index contributed by atoms with van der Waals surface area (Å²) in [6.07, 6.45) is 0. The van der Waals surface area contributed by atoms with E-state index in [9.17, 15) is 4.39 Å². The quantitative estimate of drug-likeness (QED) is 0.846. The Kier molecular flexibility index (Phi) is 3.06. The average molecular weight is 226 g/mol. The number of rotatable bonds is 2. The summed E-state index contributed by atoms with van der Waals surface area (Å²) in [6, 6.07) is 13.7. The third-order valence-electron chi connectivity index (χ3n) is 2.40. The van der Waals surface area contributed by atoms with Gasteiger partial charge in [0.2, 0.25) is 0 Å². The Hall–Kier alpha value is -2.34. The molecule has 0 heterocycles. The summed E-state index contributed by atoms with van der Waals surface area (Å²) in [5.74, 6) is -0.304. The molecule has 0 aliphatic heterocycles. The molecule has 2 aromatic carbocycles. The minimum atomic E-state index is -0.304. The number of nitrogens with zero attached hydrogens (tertiary/aromatic N) is 1. The van der Waals surface area contributed by atoms with E-state index < -0.39 is 0 Å². The van der Waals surface area contributed by atoms with Gasteiger partial charge in [-0.05, 0) is 42.8 Å². The van der Waals surface area contributed by atoms with Crippen LogP contribution in [0.5, 0.6) is 0 Å². The van der Waals surface area contributed by atoms with Crippen molar-refractivity contribution in [2.45, 2.75) is 6.92 Å². The fraction of sp³-hybridized carbons (Fsp3) is 0.0714. The van der Waals surface area contributed by atoms with Crippen LogP contribution < -0.4 is 5.32 Å². The van der Waals surface area contributed by atoms with Crippen molar-refractivity contribution in [1.29, 1.82) is 5.26 Å². The van der Waals surface area contributed by atoms with E-state index in [-0.39, 0.29) is 5.82 Å². The zero-order chi connectivity index (χ0) is 12.3. The second-order valence-corrected chi connectivity index (χ2v) is 3.80. The summed E-state index contributed by atoms with van der Waals surface area (Å²) in [5.41, 5.74) is 2.91. The van der Waals surface area contributed by atoms with Crippen LogP contribution in [0.25, 0.3) is 0 Å². The molecule has 3 heteroatoms. The molecule has 2 rings (SSSR count). The molecule has 0 saturated heterocycles. The van der Waals surface area contributed by atoms with Gasteiger partial charge in [0.05, 0.1) is 11.3 Å². The smallest absolute Gasteiger partial charge is 0.125 e. The number of nitriles is 1. The van der Waals surface area contributed by atoms with Gasteiger partial charge in [0.25, 0.3) is 0 Å². The molecule has 0 unspecified atom stereocenters. The Labute approximate surface area is 99.3 Å². The molecule has 0 amide bonds. The summed E-state index contributed by atoms with van der Waals surface area (Å²) < 4.78 is 13.0. The monoisotopic (exact) mass is 226 g/mol. The Morgan fingerprint density at radius 1 is 1.18 bits per heavy atom. The molecule has 0 fully saturated rings. The molecule has 0 aliphatic carbocycles. The van der Waals surface area contributed by atoms with Crippen molar-refractivity contribution in [3.05, 3.63) is 59.4 Å². The molecule has 0 radical (unpaired) electrons. The van der Waals surface area contributed by atoms with E-state index in [4.69, 9.17) is 5.26 Å². The van der Waals surface area contributed by atoms with E-state index in [1.165, 1.54) is 12.1 Å². The third kappa shape index (κ3) is 2.61. The van der Waals surface area contributed by atoms with E-state index in [0.717, 1.165) is 5.56 Å². The van der Waals surface area contributed by atoms with Crippen LogP contribution in [0.3, 0.4) is 0 Å². The predicted molar refractivity (Wildman–Crippen MR) is 65.6 cm³/mol. The van der Waals surface area contributed by atoms with Gasteiger partial charge < -0.3 is 5.32 Å². The van der Waals surface area contributed by atoms with Crippen molar-refractivity contribution in [2.75, 3.05) is 5.32 Å². The van der Waals surface area contributed by atoms with Crippen LogP contribution in [0.4, 0.5) is 15.8 Å². The highest BCUT2D eigenvalue weighted by atomic mass is 19.1. The first kappa shape index (κ1) is 11.2. The van der Waals surface area contributed by atoms with Crippen LogP contribution in [-0.2, 0) is 0 Å². The number of benzene rings is 2. The normalized spacial score (nSPS) is 9.71. The zero-order valence-corrected chi connectivity index (χ0v) is 9.37. The second-order valence-electron chi connectivity index (χ2n) is 3.80. The van der Waals surface area contributed by atoms with Crippen LogP contribution in [0.1, 0.15) is 11.1 Å². The first-order valence-electron chi connectivity index (χ1n) is 5.22. The number of hydrogen-bond donors (Lipinski definition) is 1. The van der Waals surface area contributed by atoms with Gasteiger partial charge in [0.1, 0.15) is 11.9 Å². The topological polar surface area (TPSA) is 35.8 Å².